The number of hydrogen-bond acceptors (Lipinski definition) is 4. The van der Waals surface area contributed by atoms with Gasteiger partial charge >= 0.3 is 5.97 Å². The molecule has 1 unspecified atom stereocenters. The normalized spacial score (nSPS) is 11.4. The molecule has 0 aliphatic carbocycles. The lowest BCUT2D eigenvalue weighted by molar-refractivity contribution is -0.139. The van der Waals surface area contributed by atoms with Gasteiger partial charge in [-0.2, -0.15) is 0 Å². The smallest absolute Gasteiger partial charge is 0.326 e. The van der Waals surface area contributed by atoms with E-state index in [0.29, 0.717) is 30.3 Å². The summed E-state index contributed by atoms with van der Waals surface area (Å²) in [6, 6.07) is 30.4. The molecule has 4 aromatic rings. The topological polar surface area (TPSA) is 84.9 Å². The Morgan fingerprint density at radius 2 is 1.32 bits per heavy atom. The summed E-state index contributed by atoms with van der Waals surface area (Å²) in [7, 11) is 0. The van der Waals surface area contributed by atoms with Crippen LogP contribution in [0.15, 0.2) is 108 Å². The average Bonchev–Trinajstić information content (AvgIpc) is 2.92. The lowest BCUT2D eigenvalue weighted by Crippen LogP contribution is -2.42. The Morgan fingerprint density at radius 3 is 1.95 bits per heavy atom. The van der Waals surface area contributed by atoms with Gasteiger partial charge < -0.3 is 19.9 Å². The van der Waals surface area contributed by atoms with Crippen molar-refractivity contribution in [1.82, 2.24) is 5.32 Å². The lowest BCUT2D eigenvalue weighted by atomic mass is 10.1. The van der Waals surface area contributed by atoms with Crippen LogP contribution in [-0.4, -0.2) is 23.0 Å². The van der Waals surface area contributed by atoms with Crippen LogP contribution in [0.2, 0.25) is 0 Å². The second-order valence-corrected chi connectivity index (χ2v) is 9.35. The number of carboxylic acids is 1. The van der Waals surface area contributed by atoms with Crippen LogP contribution in [0.25, 0.3) is 0 Å². The van der Waals surface area contributed by atoms with Crippen LogP contribution >= 0.6 is 15.9 Å². The maximum Gasteiger partial charge on any atom is 0.326 e. The molecular formula is C30H26BrNO5. The first-order chi connectivity index (χ1) is 18.0. The Hall–Kier alpha value is -4.10. The van der Waals surface area contributed by atoms with Crippen LogP contribution < -0.4 is 14.8 Å². The Labute approximate surface area is 224 Å². The molecule has 0 aliphatic rings. The fraction of sp³-hybridized carbons (Fsp3) is 0.133. The van der Waals surface area contributed by atoms with Crippen molar-refractivity contribution in [3.63, 3.8) is 0 Å². The zero-order valence-electron chi connectivity index (χ0n) is 20.0. The average molecular weight is 560 g/mol. The molecule has 1 atom stereocenters. The van der Waals surface area contributed by atoms with Crippen molar-refractivity contribution >= 4 is 27.8 Å². The predicted octanol–water partition coefficient (Wildman–Crippen LogP) is 6.03. The predicted molar refractivity (Wildman–Crippen MR) is 145 cm³/mol. The van der Waals surface area contributed by atoms with Crippen molar-refractivity contribution in [2.75, 3.05) is 0 Å². The molecule has 0 aliphatic heterocycles. The number of benzene rings is 4. The Balaban J connectivity index is 1.30. The molecule has 0 heterocycles. The van der Waals surface area contributed by atoms with Crippen molar-refractivity contribution in [3.05, 3.63) is 130 Å². The molecule has 0 radical (unpaired) electrons. The quantitative estimate of drug-likeness (QED) is 0.234. The summed E-state index contributed by atoms with van der Waals surface area (Å²) >= 11 is 3.43. The molecule has 6 nitrogen and oxygen atoms in total. The number of carbonyl (C=O) groups is 2. The summed E-state index contributed by atoms with van der Waals surface area (Å²) in [5.41, 5.74) is 3.20. The number of hydrogen-bond donors (Lipinski definition) is 2. The van der Waals surface area contributed by atoms with Gasteiger partial charge in [-0.3, -0.25) is 4.79 Å². The molecule has 2 N–H and O–H groups in total. The Kier molecular flexibility index (Phi) is 8.94. The third-order valence-corrected chi connectivity index (χ3v) is 6.12. The van der Waals surface area contributed by atoms with Gasteiger partial charge in [-0.05, 0) is 65.2 Å². The van der Waals surface area contributed by atoms with E-state index >= 15 is 0 Å². The summed E-state index contributed by atoms with van der Waals surface area (Å²) in [4.78, 5) is 24.5. The van der Waals surface area contributed by atoms with Gasteiger partial charge in [0.2, 0.25) is 0 Å². The molecular weight excluding hydrogens is 534 g/mol. The van der Waals surface area contributed by atoms with Gasteiger partial charge in [0, 0.05) is 16.5 Å². The van der Waals surface area contributed by atoms with Gasteiger partial charge in [-0.1, -0.05) is 70.5 Å². The first kappa shape index (κ1) is 26.0. The number of aliphatic carboxylic acids is 1. The van der Waals surface area contributed by atoms with Gasteiger partial charge in [-0.25, -0.2) is 4.79 Å². The molecule has 0 aromatic heterocycles. The molecule has 0 spiro atoms. The maximum absolute atomic E-state index is 12.7. The SMILES string of the molecule is O=C(NC(Cc1ccc(OCc2ccccc2)cc1)C(=O)O)c1ccc(OCc2cccc(Br)c2)cc1. The van der Waals surface area contributed by atoms with E-state index in [1.807, 2.05) is 54.6 Å². The summed E-state index contributed by atoms with van der Waals surface area (Å²) in [6.07, 6.45) is 0.147. The van der Waals surface area contributed by atoms with Crippen LogP contribution in [0.5, 0.6) is 11.5 Å². The first-order valence-electron chi connectivity index (χ1n) is 11.7. The summed E-state index contributed by atoms with van der Waals surface area (Å²) < 4.78 is 12.5. The monoisotopic (exact) mass is 559 g/mol. The number of amides is 1. The molecule has 188 valence electrons. The number of nitrogens with one attached hydrogen (secondary N) is 1. The summed E-state index contributed by atoms with van der Waals surface area (Å²) in [5.74, 6) is -0.271. The second-order valence-electron chi connectivity index (χ2n) is 8.43. The minimum atomic E-state index is -1.10. The van der Waals surface area contributed by atoms with Crippen LogP contribution in [0.1, 0.15) is 27.0 Å². The Morgan fingerprint density at radius 1 is 0.730 bits per heavy atom. The third-order valence-electron chi connectivity index (χ3n) is 5.63. The molecule has 0 fully saturated rings. The first-order valence-corrected chi connectivity index (χ1v) is 12.5. The van der Waals surface area contributed by atoms with E-state index in [1.165, 1.54) is 0 Å². The van der Waals surface area contributed by atoms with Gasteiger partial charge in [0.05, 0.1) is 0 Å². The van der Waals surface area contributed by atoms with Crippen molar-refractivity contribution in [3.8, 4) is 11.5 Å². The van der Waals surface area contributed by atoms with Gasteiger partial charge in [0.15, 0.2) is 0 Å². The van der Waals surface area contributed by atoms with E-state index in [4.69, 9.17) is 9.47 Å². The van der Waals surface area contributed by atoms with E-state index in [0.717, 1.165) is 21.2 Å². The van der Waals surface area contributed by atoms with Crippen LogP contribution in [0.4, 0.5) is 0 Å². The highest BCUT2D eigenvalue weighted by molar-refractivity contribution is 9.10. The lowest BCUT2D eigenvalue weighted by Gasteiger charge is -2.15. The minimum absolute atomic E-state index is 0.147. The molecule has 4 aromatic carbocycles. The van der Waals surface area contributed by atoms with Crippen LogP contribution in [0.3, 0.4) is 0 Å². The van der Waals surface area contributed by atoms with Crippen molar-refractivity contribution in [2.45, 2.75) is 25.7 Å². The second kappa shape index (κ2) is 12.7. The number of carboxylic acid groups (broad SMARTS) is 1. The van der Waals surface area contributed by atoms with E-state index < -0.39 is 17.9 Å². The molecule has 1 amide bonds. The third kappa shape index (κ3) is 7.95. The molecule has 37 heavy (non-hydrogen) atoms. The fourth-order valence-electron chi connectivity index (χ4n) is 3.64. The van der Waals surface area contributed by atoms with Gasteiger partial charge in [0.25, 0.3) is 5.91 Å². The van der Waals surface area contributed by atoms with E-state index in [-0.39, 0.29) is 6.42 Å². The molecule has 7 heteroatoms. The highest BCUT2D eigenvalue weighted by Gasteiger charge is 2.21. The standard InChI is InChI=1S/C30H26BrNO5/c31-25-8-4-7-23(17-25)20-37-27-15-11-24(12-16-27)29(33)32-28(30(34)35)18-21-9-13-26(14-10-21)36-19-22-5-2-1-3-6-22/h1-17,28H,18-20H2,(H,32,33)(H,34,35). The number of ether oxygens (including phenoxy) is 2. The molecule has 0 saturated heterocycles. The minimum Gasteiger partial charge on any atom is -0.489 e. The van der Waals surface area contributed by atoms with Gasteiger partial charge in [-0.15, -0.1) is 0 Å². The zero-order valence-corrected chi connectivity index (χ0v) is 21.6. The highest BCUT2D eigenvalue weighted by atomic mass is 79.9. The van der Waals surface area contributed by atoms with Gasteiger partial charge in [0.1, 0.15) is 30.8 Å². The van der Waals surface area contributed by atoms with Crippen molar-refractivity contribution in [2.24, 2.45) is 0 Å². The molecule has 0 saturated carbocycles. The van der Waals surface area contributed by atoms with Crippen molar-refractivity contribution in [1.29, 1.82) is 0 Å². The number of rotatable bonds is 11. The number of carbonyl (C=O) groups excluding carboxylic acids is 1. The summed E-state index contributed by atoms with van der Waals surface area (Å²) in [6.45, 7) is 0.837. The Bertz CT molecular complexity index is 1320. The van der Waals surface area contributed by atoms with E-state index in [1.54, 1.807) is 48.5 Å². The maximum atomic E-state index is 12.7. The highest BCUT2D eigenvalue weighted by Crippen LogP contribution is 2.18. The van der Waals surface area contributed by atoms with Crippen LogP contribution in [-0.2, 0) is 24.4 Å². The zero-order chi connectivity index (χ0) is 26.0. The molecule has 4 rings (SSSR count). The van der Waals surface area contributed by atoms with E-state index in [2.05, 4.69) is 21.2 Å². The largest absolute Gasteiger partial charge is 0.489 e. The summed E-state index contributed by atoms with van der Waals surface area (Å²) in [5, 5.41) is 12.3. The fourth-order valence-corrected chi connectivity index (χ4v) is 4.08. The van der Waals surface area contributed by atoms with Crippen LogP contribution in [0, 0.1) is 0 Å². The molecule has 0 bridgehead atoms. The van der Waals surface area contributed by atoms with Crippen molar-refractivity contribution < 1.29 is 24.2 Å². The van der Waals surface area contributed by atoms with E-state index in [9.17, 15) is 14.7 Å². The number of halogens is 1.